The zero-order chi connectivity index (χ0) is 36.8. The van der Waals surface area contributed by atoms with Crippen LogP contribution in [0.15, 0.2) is 117 Å². The van der Waals surface area contributed by atoms with Crippen LogP contribution in [0.25, 0.3) is 10.2 Å². The number of rotatable bonds is 11. The van der Waals surface area contributed by atoms with E-state index in [4.69, 9.17) is 16.6 Å². The SMILES string of the molecule is CC1(C)C(/C=C/C2=C(Sc3nc4ccccc4s3)C(=C/C=C3/N(CCC(=O)O)c4ccc(Cl)cc4C3(C)C)/CC2)=[N+](CCC(=O)O)c2ccccc21. The summed E-state index contributed by atoms with van der Waals surface area (Å²) >= 11 is 9.84. The van der Waals surface area contributed by atoms with Gasteiger partial charge in [-0.15, -0.1) is 11.3 Å². The number of anilines is 1. The zero-order valence-corrected chi connectivity index (χ0v) is 32.0. The Morgan fingerprint density at radius 1 is 0.923 bits per heavy atom. The highest BCUT2D eigenvalue weighted by Crippen LogP contribution is 2.50. The van der Waals surface area contributed by atoms with E-state index >= 15 is 0 Å². The molecule has 0 unspecified atom stereocenters. The first-order valence-electron chi connectivity index (χ1n) is 17.5. The van der Waals surface area contributed by atoms with Crippen molar-refractivity contribution in [2.24, 2.45) is 0 Å². The number of aliphatic carboxylic acids is 2. The average molecular weight is 751 g/mol. The van der Waals surface area contributed by atoms with E-state index in [1.165, 1.54) is 16.7 Å². The number of carboxylic acid groups (broad SMARTS) is 2. The number of thiazole rings is 1. The van der Waals surface area contributed by atoms with Crippen LogP contribution in [0, 0.1) is 0 Å². The van der Waals surface area contributed by atoms with Gasteiger partial charge in [-0.05, 0) is 79.8 Å². The van der Waals surface area contributed by atoms with Gasteiger partial charge in [-0.3, -0.25) is 9.59 Å². The van der Waals surface area contributed by atoms with E-state index in [1.807, 2.05) is 48.5 Å². The molecule has 0 fully saturated rings. The van der Waals surface area contributed by atoms with Gasteiger partial charge in [0.1, 0.15) is 6.42 Å². The summed E-state index contributed by atoms with van der Waals surface area (Å²) in [7, 11) is 0. The van der Waals surface area contributed by atoms with Crippen molar-refractivity contribution in [2.75, 3.05) is 18.0 Å². The second kappa shape index (κ2) is 14.2. The van der Waals surface area contributed by atoms with E-state index in [9.17, 15) is 19.8 Å². The Hall–Kier alpha value is -4.44. The number of aromatic nitrogens is 1. The highest BCUT2D eigenvalue weighted by atomic mass is 35.5. The molecule has 0 atom stereocenters. The molecule has 10 heteroatoms. The Morgan fingerprint density at radius 2 is 1.67 bits per heavy atom. The van der Waals surface area contributed by atoms with Crippen molar-refractivity contribution in [3.05, 3.63) is 129 Å². The number of fused-ring (bicyclic) bond motifs is 3. The fraction of sp³-hybridized carbons (Fsp3) is 0.286. The third-order valence-corrected chi connectivity index (χ3v) is 12.9. The molecule has 4 aromatic rings. The number of hydrogen-bond acceptors (Lipinski definition) is 6. The molecule has 7 nitrogen and oxygen atoms in total. The standard InChI is InChI=1S/C42H40ClN3O4S2/c1-41(2)29-9-5-7-11-32(29)45(23-21-37(47)48)35(41)19-15-26-13-14-27(39(26)52-40-44-31-10-6-8-12-34(31)51-40)16-20-36-42(3,4)30-25-28(43)17-18-33(30)46(36)24-22-38(49)50/h5-12,15-20,25H,13-14,21-24H2,1-4H3,(H-,47,48,49,50)/p+1. The first kappa shape index (κ1) is 35.9. The van der Waals surface area contributed by atoms with Crippen LogP contribution in [0.3, 0.4) is 0 Å². The molecule has 3 heterocycles. The summed E-state index contributed by atoms with van der Waals surface area (Å²) in [5.41, 5.74) is 9.09. The lowest BCUT2D eigenvalue weighted by Crippen LogP contribution is -2.28. The van der Waals surface area contributed by atoms with Crippen molar-refractivity contribution < 1.29 is 24.4 Å². The molecule has 3 aliphatic rings. The van der Waals surface area contributed by atoms with Crippen molar-refractivity contribution in [2.45, 2.75) is 68.5 Å². The van der Waals surface area contributed by atoms with Gasteiger partial charge in [0.05, 0.1) is 22.1 Å². The Morgan fingerprint density at radius 3 is 2.44 bits per heavy atom. The Kier molecular flexibility index (Phi) is 9.80. The van der Waals surface area contributed by atoms with E-state index in [1.54, 1.807) is 23.1 Å². The fourth-order valence-corrected chi connectivity index (χ4v) is 10.2. The number of thioether (sulfide) groups is 1. The number of carboxylic acids is 2. The maximum Gasteiger partial charge on any atom is 0.309 e. The molecule has 0 amide bonds. The molecule has 0 spiro atoms. The van der Waals surface area contributed by atoms with E-state index < -0.39 is 11.9 Å². The summed E-state index contributed by atoms with van der Waals surface area (Å²) in [5, 5.41) is 19.8. The molecular weight excluding hydrogens is 710 g/mol. The monoisotopic (exact) mass is 750 g/mol. The van der Waals surface area contributed by atoms with Crippen LogP contribution in [0.4, 0.5) is 11.4 Å². The molecule has 2 aliphatic heterocycles. The Labute approximate surface area is 317 Å². The predicted molar refractivity (Wildman–Crippen MR) is 213 cm³/mol. The van der Waals surface area contributed by atoms with Gasteiger partial charge < -0.3 is 15.1 Å². The Bertz CT molecular complexity index is 2240. The van der Waals surface area contributed by atoms with Crippen molar-refractivity contribution in [3.8, 4) is 0 Å². The van der Waals surface area contributed by atoms with Gasteiger partial charge in [0.15, 0.2) is 16.6 Å². The van der Waals surface area contributed by atoms with Crippen LogP contribution in [-0.2, 0) is 20.4 Å². The lowest BCUT2D eigenvalue weighted by atomic mass is 9.81. The van der Waals surface area contributed by atoms with Crippen LogP contribution in [-0.4, -0.2) is 50.5 Å². The van der Waals surface area contributed by atoms with Gasteiger partial charge >= 0.3 is 11.9 Å². The fourth-order valence-electron chi connectivity index (χ4n) is 7.68. The minimum absolute atomic E-state index is 0.0160. The molecule has 7 rings (SSSR count). The van der Waals surface area contributed by atoms with Crippen LogP contribution < -0.4 is 4.90 Å². The molecular formula is C42H41ClN3O4S2+. The molecule has 0 saturated heterocycles. The molecule has 3 aromatic carbocycles. The number of benzene rings is 3. The molecule has 266 valence electrons. The van der Waals surface area contributed by atoms with E-state index in [2.05, 4.69) is 79.7 Å². The van der Waals surface area contributed by atoms with Gasteiger partial charge in [0.2, 0.25) is 5.69 Å². The summed E-state index contributed by atoms with van der Waals surface area (Å²) in [6.07, 6.45) is 10.5. The highest BCUT2D eigenvalue weighted by molar-refractivity contribution is 8.05. The number of allylic oxidation sites excluding steroid dienone is 7. The maximum atomic E-state index is 11.7. The first-order chi connectivity index (χ1) is 24.8. The summed E-state index contributed by atoms with van der Waals surface area (Å²) in [4.78, 5) is 31.6. The van der Waals surface area contributed by atoms with Crippen molar-refractivity contribution in [3.63, 3.8) is 0 Å². The van der Waals surface area contributed by atoms with Crippen molar-refractivity contribution in [1.82, 2.24) is 4.98 Å². The zero-order valence-electron chi connectivity index (χ0n) is 29.6. The maximum absolute atomic E-state index is 11.7. The van der Waals surface area contributed by atoms with E-state index in [0.717, 1.165) is 60.7 Å². The topological polar surface area (TPSA) is 93.7 Å². The minimum atomic E-state index is -0.837. The Balaban J connectivity index is 1.32. The third-order valence-electron chi connectivity index (χ3n) is 10.3. The van der Waals surface area contributed by atoms with Crippen molar-refractivity contribution in [1.29, 1.82) is 0 Å². The first-order valence-corrected chi connectivity index (χ1v) is 19.5. The number of nitrogens with zero attached hydrogens (tertiary/aromatic N) is 3. The smallest absolute Gasteiger partial charge is 0.309 e. The second-order valence-electron chi connectivity index (χ2n) is 14.4. The average Bonchev–Trinajstić information content (AvgIpc) is 3.80. The number of carbonyl (C=O) groups is 2. The molecule has 2 N–H and O–H groups in total. The summed E-state index contributed by atoms with van der Waals surface area (Å²) in [6.45, 7) is 9.48. The third kappa shape index (κ3) is 6.77. The van der Waals surface area contributed by atoms with Gasteiger partial charge in [0, 0.05) is 51.0 Å². The minimum Gasteiger partial charge on any atom is -0.481 e. The molecule has 0 bridgehead atoms. The van der Waals surface area contributed by atoms with Gasteiger partial charge in [-0.25, -0.2) is 4.98 Å². The van der Waals surface area contributed by atoms with Crippen LogP contribution in [0.5, 0.6) is 0 Å². The molecule has 1 aliphatic carbocycles. The summed E-state index contributed by atoms with van der Waals surface area (Å²) in [5.74, 6) is -1.66. The second-order valence-corrected chi connectivity index (χ2v) is 17.1. The quantitative estimate of drug-likeness (QED) is 0.147. The largest absolute Gasteiger partial charge is 0.481 e. The predicted octanol–water partition coefficient (Wildman–Crippen LogP) is 10.3. The number of halogens is 1. The molecule has 52 heavy (non-hydrogen) atoms. The van der Waals surface area contributed by atoms with Crippen molar-refractivity contribution >= 4 is 73.9 Å². The van der Waals surface area contributed by atoms with Gasteiger partial charge in [0.25, 0.3) is 0 Å². The van der Waals surface area contributed by atoms with Gasteiger partial charge in [-0.1, -0.05) is 79.7 Å². The summed E-state index contributed by atoms with van der Waals surface area (Å²) < 4.78 is 4.27. The highest BCUT2D eigenvalue weighted by Gasteiger charge is 2.44. The summed E-state index contributed by atoms with van der Waals surface area (Å²) in [6, 6.07) is 22.3. The van der Waals surface area contributed by atoms with Crippen LogP contribution in [0.1, 0.15) is 64.5 Å². The molecule has 0 radical (unpaired) electrons. The lowest BCUT2D eigenvalue weighted by molar-refractivity contribution is -0.436. The number of hydrogen-bond donors (Lipinski definition) is 2. The molecule has 0 saturated carbocycles. The van der Waals surface area contributed by atoms with E-state index in [0.29, 0.717) is 18.1 Å². The number of para-hydroxylation sites is 2. The van der Waals surface area contributed by atoms with Crippen LogP contribution in [0.2, 0.25) is 5.02 Å². The van der Waals surface area contributed by atoms with Crippen LogP contribution >= 0.6 is 34.7 Å². The van der Waals surface area contributed by atoms with Gasteiger partial charge in [-0.2, -0.15) is 4.58 Å². The normalized spacial score (nSPS) is 19.1. The van der Waals surface area contributed by atoms with E-state index in [-0.39, 0.29) is 23.7 Å². The lowest BCUT2D eigenvalue weighted by Gasteiger charge is -2.26. The molecule has 1 aromatic heterocycles.